The van der Waals surface area contributed by atoms with Crippen LogP contribution in [0.1, 0.15) is 45.1 Å². The number of nitrogens with zero attached hydrogens (tertiary/aromatic N) is 1. The van der Waals surface area contributed by atoms with Crippen LogP contribution in [0.4, 0.5) is 0 Å². The lowest BCUT2D eigenvalue weighted by Gasteiger charge is -2.27. The number of aliphatic imine (C=N–C) groups is 1. The molecular formula is C25H39N7O7. The molecule has 0 spiro atoms. The van der Waals surface area contributed by atoms with Gasteiger partial charge in [0.1, 0.15) is 18.1 Å². The number of amides is 3. The van der Waals surface area contributed by atoms with Gasteiger partial charge in [-0.3, -0.25) is 24.2 Å². The van der Waals surface area contributed by atoms with Crippen LogP contribution in [-0.2, 0) is 30.4 Å². The normalized spacial score (nSPS) is 14.5. The molecule has 0 aliphatic rings. The maximum absolute atomic E-state index is 13.1. The number of guanidine groups is 1. The molecule has 0 aliphatic carbocycles. The van der Waals surface area contributed by atoms with Gasteiger partial charge in [-0.1, -0.05) is 50.6 Å². The minimum absolute atomic E-state index is 0.0533. The van der Waals surface area contributed by atoms with E-state index in [1.165, 1.54) is 0 Å². The quantitative estimate of drug-likeness (QED) is 0.0645. The Labute approximate surface area is 226 Å². The minimum atomic E-state index is -1.59. The molecule has 0 saturated heterocycles. The van der Waals surface area contributed by atoms with E-state index in [4.69, 9.17) is 17.2 Å². The van der Waals surface area contributed by atoms with E-state index < -0.39 is 66.2 Å². The Hall–Kier alpha value is -4.20. The maximum Gasteiger partial charge on any atom is 0.326 e. The third kappa shape index (κ3) is 12.3. The topological polar surface area (TPSA) is 252 Å². The Morgan fingerprint density at radius 3 is 2.08 bits per heavy atom. The Bertz CT molecular complexity index is 1020. The van der Waals surface area contributed by atoms with Crippen molar-refractivity contribution in [1.82, 2.24) is 16.0 Å². The third-order valence-electron chi connectivity index (χ3n) is 6.01. The van der Waals surface area contributed by atoms with Crippen molar-refractivity contribution < 1.29 is 34.2 Å². The highest BCUT2D eigenvalue weighted by Crippen LogP contribution is 2.11. The molecule has 0 aliphatic heterocycles. The summed E-state index contributed by atoms with van der Waals surface area (Å²) in [7, 11) is 0. The number of carboxylic acid groups (broad SMARTS) is 2. The third-order valence-corrected chi connectivity index (χ3v) is 6.01. The Morgan fingerprint density at radius 2 is 1.54 bits per heavy atom. The molecular weight excluding hydrogens is 510 g/mol. The van der Waals surface area contributed by atoms with Crippen LogP contribution in [-0.4, -0.2) is 76.5 Å². The van der Waals surface area contributed by atoms with Gasteiger partial charge in [0, 0.05) is 13.0 Å². The van der Waals surface area contributed by atoms with E-state index in [0.29, 0.717) is 18.4 Å². The van der Waals surface area contributed by atoms with Gasteiger partial charge in [0.05, 0.1) is 12.5 Å². The molecule has 0 bridgehead atoms. The number of benzene rings is 1. The van der Waals surface area contributed by atoms with Crippen molar-refractivity contribution in [3.8, 4) is 0 Å². The van der Waals surface area contributed by atoms with Gasteiger partial charge in [-0.05, 0) is 24.3 Å². The van der Waals surface area contributed by atoms with Crippen LogP contribution in [0.25, 0.3) is 0 Å². The van der Waals surface area contributed by atoms with Gasteiger partial charge in [0.2, 0.25) is 17.7 Å². The summed E-state index contributed by atoms with van der Waals surface area (Å²) in [5, 5.41) is 26.1. The number of carbonyl (C=O) groups excluding carboxylic acids is 3. The van der Waals surface area contributed by atoms with Gasteiger partial charge in [0.15, 0.2) is 5.96 Å². The second kappa shape index (κ2) is 16.6. The Morgan fingerprint density at radius 1 is 0.923 bits per heavy atom. The van der Waals surface area contributed by atoms with Crippen LogP contribution in [0.5, 0.6) is 0 Å². The maximum atomic E-state index is 13.1. The molecule has 216 valence electrons. The fraction of sp³-hybridized carbons (Fsp3) is 0.520. The predicted molar refractivity (Wildman–Crippen MR) is 143 cm³/mol. The summed E-state index contributed by atoms with van der Waals surface area (Å²) in [6, 6.07) is 3.49. The molecule has 5 atom stereocenters. The fourth-order valence-corrected chi connectivity index (χ4v) is 3.58. The van der Waals surface area contributed by atoms with Crippen LogP contribution in [0.3, 0.4) is 0 Å². The summed E-state index contributed by atoms with van der Waals surface area (Å²) >= 11 is 0. The highest BCUT2D eigenvalue weighted by Gasteiger charge is 2.33. The molecule has 0 radical (unpaired) electrons. The van der Waals surface area contributed by atoms with E-state index in [2.05, 4.69) is 20.9 Å². The lowest BCUT2D eigenvalue weighted by Crippen LogP contribution is -2.59. The average Bonchev–Trinajstić information content (AvgIpc) is 2.88. The zero-order valence-electron chi connectivity index (χ0n) is 22.1. The number of nitrogens with one attached hydrogen (secondary N) is 3. The molecule has 1 aromatic rings. The Kier molecular flexibility index (Phi) is 14.0. The Balaban J connectivity index is 2.96. The van der Waals surface area contributed by atoms with Crippen LogP contribution < -0.4 is 33.2 Å². The fourth-order valence-electron chi connectivity index (χ4n) is 3.58. The molecule has 1 rings (SSSR count). The molecule has 1 aromatic carbocycles. The number of hydrogen-bond acceptors (Lipinski definition) is 7. The first-order valence-corrected chi connectivity index (χ1v) is 12.6. The number of carbonyl (C=O) groups is 5. The summed E-state index contributed by atoms with van der Waals surface area (Å²) in [5.41, 5.74) is 17.1. The van der Waals surface area contributed by atoms with Crippen molar-refractivity contribution in [1.29, 1.82) is 0 Å². The van der Waals surface area contributed by atoms with E-state index in [0.717, 1.165) is 0 Å². The zero-order chi connectivity index (χ0) is 29.5. The molecule has 11 N–H and O–H groups in total. The lowest BCUT2D eigenvalue weighted by molar-refractivity contribution is -0.143. The molecule has 5 unspecified atom stereocenters. The van der Waals surface area contributed by atoms with E-state index in [-0.39, 0.29) is 25.3 Å². The SMILES string of the molecule is CCC(C)C(NC(=O)C(N)CCCN=C(N)N)C(=O)NC(CC(=O)O)C(=O)NC(Cc1ccccc1)C(=O)O. The highest BCUT2D eigenvalue weighted by molar-refractivity contribution is 5.95. The molecule has 0 fully saturated rings. The summed E-state index contributed by atoms with van der Waals surface area (Å²) in [6.07, 6.45) is 0.260. The molecule has 14 heteroatoms. The molecule has 14 nitrogen and oxygen atoms in total. The number of carboxylic acids is 2. The largest absolute Gasteiger partial charge is 0.481 e. The molecule has 0 aromatic heterocycles. The molecule has 3 amide bonds. The van der Waals surface area contributed by atoms with Crippen LogP contribution in [0, 0.1) is 5.92 Å². The van der Waals surface area contributed by atoms with Crippen molar-refractivity contribution >= 4 is 35.6 Å². The minimum Gasteiger partial charge on any atom is -0.481 e. The first-order valence-electron chi connectivity index (χ1n) is 12.6. The number of rotatable bonds is 17. The van der Waals surface area contributed by atoms with Crippen LogP contribution >= 0.6 is 0 Å². The summed E-state index contributed by atoms with van der Waals surface area (Å²) in [5.74, 6) is -5.62. The van der Waals surface area contributed by atoms with Gasteiger partial charge >= 0.3 is 11.9 Å². The van der Waals surface area contributed by atoms with Gasteiger partial charge < -0.3 is 43.4 Å². The predicted octanol–water partition coefficient (Wildman–Crippen LogP) is -1.33. The lowest BCUT2D eigenvalue weighted by atomic mass is 9.97. The first kappa shape index (κ1) is 32.8. The zero-order valence-corrected chi connectivity index (χ0v) is 22.1. The van der Waals surface area contributed by atoms with Crippen molar-refractivity contribution in [2.45, 2.75) is 70.1 Å². The van der Waals surface area contributed by atoms with E-state index in [9.17, 15) is 34.2 Å². The summed E-state index contributed by atoms with van der Waals surface area (Å²) in [6.45, 7) is 3.75. The highest BCUT2D eigenvalue weighted by atomic mass is 16.4. The van der Waals surface area contributed by atoms with Crippen molar-refractivity contribution in [3.05, 3.63) is 35.9 Å². The standard InChI is InChI=1S/C25H39N7O7/c1-3-14(2)20(32-21(35)16(26)10-7-11-29-25(27)28)23(37)30-17(13-19(33)34)22(36)31-18(24(38)39)12-15-8-5-4-6-9-15/h4-6,8-9,14,16-18,20H,3,7,10-13,26H2,1-2H3,(H,30,37)(H,31,36)(H,32,35)(H,33,34)(H,38,39)(H4,27,28,29). The number of aliphatic carboxylic acids is 2. The summed E-state index contributed by atoms with van der Waals surface area (Å²) < 4.78 is 0. The van der Waals surface area contributed by atoms with Crippen LogP contribution in [0.15, 0.2) is 35.3 Å². The second-order valence-corrected chi connectivity index (χ2v) is 9.18. The number of nitrogens with two attached hydrogens (primary N) is 3. The van der Waals surface area contributed by atoms with E-state index >= 15 is 0 Å². The van der Waals surface area contributed by atoms with E-state index in [1.54, 1.807) is 44.2 Å². The van der Waals surface area contributed by atoms with E-state index in [1.807, 2.05) is 0 Å². The van der Waals surface area contributed by atoms with Gasteiger partial charge in [-0.15, -0.1) is 0 Å². The molecule has 39 heavy (non-hydrogen) atoms. The smallest absolute Gasteiger partial charge is 0.326 e. The molecule has 0 heterocycles. The number of hydrogen-bond donors (Lipinski definition) is 8. The van der Waals surface area contributed by atoms with Crippen molar-refractivity contribution in [3.63, 3.8) is 0 Å². The van der Waals surface area contributed by atoms with Gasteiger partial charge in [-0.25, -0.2) is 4.79 Å². The monoisotopic (exact) mass is 549 g/mol. The van der Waals surface area contributed by atoms with Crippen LogP contribution in [0.2, 0.25) is 0 Å². The average molecular weight is 550 g/mol. The first-order chi connectivity index (χ1) is 18.3. The second-order valence-electron chi connectivity index (χ2n) is 9.18. The van der Waals surface area contributed by atoms with Crippen molar-refractivity contribution in [2.24, 2.45) is 28.1 Å². The van der Waals surface area contributed by atoms with Gasteiger partial charge in [-0.2, -0.15) is 0 Å². The van der Waals surface area contributed by atoms with Gasteiger partial charge in [0.25, 0.3) is 0 Å². The summed E-state index contributed by atoms with van der Waals surface area (Å²) in [4.78, 5) is 65.7. The van der Waals surface area contributed by atoms with Crippen molar-refractivity contribution in [2.75, 3.05) is 6.54 Å². The molecule has 0 saturated carbocycles.